The van der Waals surface area contributed by atoms with Crippen molar-refractivity contribution >= 4 is 27.5 Å². The average molecular weight is 290 g/mol. The van der Waals surface area contributed by atoms with Gasteiger partial charge >= 0.3 is 0 Å². The van der Waals surface area contributed by atoms with Crippen LogP contribution in [0, 0.1) is 0 Å². The van der Waals surface area contributed by atoms with Crippen LogP contribution >= 0.6 is 27.5 Å². The minimum absolute atomic E-state index is 0.00694. The summed E-state index contributed by atoms with van der Waals surface area (Å²) >= 11 is 9.52. The number of hydrogen-bond acceptors (Lipinski definition) is 2. The Morgan fingerprint density at radius 2 is 2.33 bits per heavy atom. The Morgan fingerprint density at radius 1 is 1.67 bits per heavy atom. The topological polar surface area (TPSA) is 38.0 Å². The van der Waals surface area contributed by atoms with Crippen molar-refractivity contribution in [2.45, 2.75) is 19.4 Å². The quantitative estimate of drug-likeness (QED) is 0.505. The molecular formula is C11H14BrClN2. The van der Waals surface area contributed by atoms with Gasteiger partial charge in [0.05, 0.1) is 6.04 Å². The van der Waals surface area contributed by atoms with E-state index < -0.39 is 0 Å². The average Bonchev–Trinajstić information content (AvgIpc) is 2.18. The van der Waals surface area contributed by atoms with E-state index in [0.717, 1.165) is 22.0 Å². The minimum atomic E-state index is 0.00694. The Hall–Kier alpha value is -0.350. The predicted molar refractivity (Wildman–Crippen MR) is 68.6 cm³/mol. The molecule has 1 atom stereocenters. The number of hydrogen-bond donors (Lipinski definition) is 2. The van der Waals surface area contributed by atoms with Crippen LogP contribution in [0.2, 0.25) is 5.02 Å². The van der Waals surface area contributed by atoms with Crippen molar-refractivity contribution in [3.05, 3.63) is 45.4 Å². The monoisotopic (exact) mass is 288 g/mol. The van der Waals surface area contributed by atoms with Gasteiger partial charge < -0.3 is 0 Å². The molecule has 2 nitrogen and oxygen atoms in total. The highest BCUT2D eigenvalue weighted by Gasteiger charge is 2.13. The van der Waals surface area contributed by atoms with Crippen molar-refractivity contribution in [1.82, 2.24) is 5.43 Å². The summed E-state index contributed by atoms with van der Waals surface area (Å²) in [6.45, 7) is 5.84. The maximum Gasteiger partial charge on any atom is 0.0511 e. The molecule has 0 aromatic heterocycles. The first kappa shape index (κ1) is 12.7. The molecular weight excluding hydrogens is 275 g/mol. The first-order valence-corrected chi connectivity index (χ1v) is 5.77. The molecule has 1 aromatic rings. The molecule has 0 radical (unpaired) electrons. The van der Waals surface area contributed by atoms with Crippen LogP contribution < -0.4 is 11.3 Å². The lowest BCUT2D eigenvalue weighted by atomic mass is 10.0. The number of halogens is 2. The minimum Gasteiger partial charge on any atom is -0.271 e. The van der Waals surface area contributed by atoms with Gasteiger partial charge in [-0.25, -0.2) is 0 Å². The van der Waals surface area contributed by atoms with E-state index in [2.05, 4.69) is 27.9 Å². The molecule has 0 bridgehead atoms. The van der Waals surface area contributed by atoms with E-state index in [0.29, 0.717) is 5.02 Å². The van der Waals surface area contributed by atoms with Gasteiger partial charge in [-0.3, -0.25) is 11.3 Å². The Kier molecular flexibility index (Phi) is 4.80. The smallest absolute Gasteiger partial charge is 0.0511 e. The fraction of sp³-hybridized carbons (Fsp3) is 0.273. The number of rotatable bonds is 4. The number of nitrogens with two attached hydrogens (primary N) is 1. The molecule has 0 amide bonds. The van der Waals surface area contributed by atoms with Gasteiger partial charge in [-0.15, -0.1) is 6.58 Å². The summed E-state index contributed by atoms with van der Waals surface area (Å²) in [5.74, 6) is 5.51. The van der Waals surface area contributed by atoms with Crippen LogP contribution in [-0.4, -0.2) is 0 Å². The molecule has 1 rings (SSSR count). The predicted octanol–water partition coefficient (Wildman–Crippen LogP) is 3.57. The number of benzene rings is 1. The summed E-state index contributed by atoms with van der Waals surface area (Å²) in [5.41, 5.74) is 4.80. The lowest BCUT2D eigenvalue weighted by molar-refractivity contribution is 0.550. The van der Waals surface area contributed by atoms with Gasteiger partial charge in [0.2, 0.25) is 0 Å². The molecule has 0 aliphatic rings. The summed E-state index contributed by atoms with van der Waals surface area (Å²) in [6, 6.07) is 5.73. The van der Waals surface area contributed by atoms with Gasteiger partial charge in [0.15, 0.2) is 0 Å². The Bertz CT molecular complexity index is 366. The third-order valence-electron chi connectivity index (χ3n) is 2.09. The van der Waals surface area contributed by atoms with Crippen molar-refractivity contribution in [3.8, 4) is 0 Å². The fourth-order valence-corrected chi connectivity index (χ4v) is 2.02. The zero-order valence-electron chi connectivity index (χ0n) is 8.56. The first-order valence-electron chi connectivity index (χ1n) is 4.60. The van der Waals surface area contributed by atoms with E-state index in [1.807, 2.05) is 25.1 Å². The van der Waals surface area contributed by atoms with E-state index in [1.165, 1.54) is 0 Å². The van der Waals surface area contributed by atoms with Gasteiger partial charge in [0.25, 0.3) is 0 Å². The SMILES string of the molecule is C=C(C)CC(NN)c1cc(Br)ccc1Cl. The van der Waals surface area contributed by atoms with E-state index in [9.17, 15) is 0 Å². The highest BCUT2D eigenvalue weighted by Crippen LogP contribution is 2.29. The van der Waals surface area contributed by atoms with Gasteiger partial charge in [-0.1, -0.05) is 33.1 Å². The van der Waals surface area contributed by atoms with Crippen LogP contribution in [0.25, 0.3) is 0 Å². The van der Waals surface area contributed by atoms with Crippen LogP contribution in [0.4, 0.5) is 0 Å². The maximum atomic E-state index is 6.11. The van der Waals surface area contributed by atoms with Crippen LogP contribution in [0.1, 0.15) is 24.9 Å². The van der Waals surface area contributed by atoms with Crippen molar-refractivity contribution in [2.75, 3.05) is 0 Å². The van der Waals surface area contributed by atoms with Crippen LogP contribution in [0.15, 0.2) is 34.8 Å². The van der Waals surface area contributed by atoms with Gasteiger partial charge in [0.1, 0.15) is 0 Å². The van der Waals surface area contributed by atoms with E-state index in [1.54, 1.807) is 0 Å². The molecule has 0 aliphatic carbocycles. The standard InChI is InChI=1S/C11H14BrClN2/c1-7(2)5-11(15-14)9-6-8(12)3-4-10(9)13/h3-4,6,11,15H,1,5,14H2,2H3. The molecule has 82 valence electrons. The van der Waals surface area contributed by atoms with Crippen LogP contribution in [0.3, 0.4) is 0 Å². The highest BCUT2D eigenvalue weighted by molar-refractivity contribution is 9.10. The zero-order valence-corrected chi connectivity index (χ0v) is 10.9. The third-order valence-corrected chi connectivity index (χ3v) is 2.92. The maximum absolute atomic E-state index is 6.11. The summed E-state index contributed by atoms with van der Waals surface area (Å²) in [4.78, 5) is 0. The van der Waals surface area contributed by atoms with Crippen molar-refractivity contribution in [2.24, 2.45) is 5.84 Å². The molecule has 15 heavy (non-hydrogen) atoms. The van der Waals surface area contributed by atoms with E-state index in [-0.39, 0.29) is 6.04 Å². The second-order valence-electron chi connectivity index (χ2n) is 3.55. The number of nitrogens with one attached hydrogen (secondary N) is 1. The highest BCUT2D eigenvalue weighted by atomic mass is 79.9. The van der Waals surface area contributed by atoms with Gasteiger partial charge in [0, 0.05) is 9.50 Å². The second-order valence-corrected chi connectivity index (χ2v) is 4.87. The molecule has 3 N–H and O–H groups in total. The zero-order chi connectivity index (χ0) is 11.4. The Morgan fingerprint density at radius 3 is 2.87 bits per heavy atom. The first-order chi connectivity index (χ1) is 7.04. The van der Waals surface area contributed by atoms with Gasteiger partial charge in [-0.05, 0) is 37.1 Å². The molecule has 0 heterocycles. The molecule has 0 spiro atoms. The largest absolute Gasteiger partial charge is 0.271 e. The van der Waals surface area contributed by atoms with Crippen LogP contribution in [0.5, 0.6) is 0 Å². The van der Waals surface area contributed by atoms with Crippen molar-refractivity contribution in [3.63, 3.8) is 0 Å². The Balaban J connectivity index is 3.00. The van der Waals surface area contributed by atoms with Crippen LogP contribution in [-0.2, 0) is 0 Å². The Labute approximate surface area is 104 Å². The molecule has 1 unspecified atom stereocenters. The molecule has 0 saturated carbocycles. The fourth-order valence-electron chi connectivity index (χ4n) is 1.39. The lowest BCUT2D eigenvalue weighted by Crippen LogP contribution is -2.28. The molecule has 4 heteroatoms. The van der Waals surface area contributed by atoms with Gasteiger partial charge in [-0.2, -0.15) is 0 Å². The molecule has 0 fully saturated rings. The molecule has 0 saturated heterocycles. The molecule has 0 aliphatic heterocycles. The van der Waals surface area contributed by atoms with Crippen molar-refractivity contribution in [1.29, 1.82) is 0 Å². The normalized spacial score (nSPS) is 12.5. The number of hydrazine groups is 1. The van der Waals surface area contributed by atoms with E-state index in [4.69, 9.17) is 17.4 Å². The summed E-state index contributed by atoms with van der Waals surface area (Å²) in [7, 11) is 0. The lowest BCUT2D eigenvalue weighted by Gasteiger charge is -2.18. The summed E-state index contributed by atoms with van der Waals surface area (Å²) < 4.78 is 0.990. The second kappa shape index (κ2) is 5.66. The van der Waals surface area contributed by atoms with E-state index >= 15 is 0 Å². The molecule has 1 aromatic carbocycles. The summed E-state index contributed by atoms with van der Waals surface area (Å²) in [5, 5.41) is 0.711. The summed E-state index contributed by atoms with van der Waals surface area (Å²) in [6.07, 6.45) is 0.771. The van der Waals surface area contributed by atoms with Crippen molar-refractivity contribution < 1.29 is 0 Å². The third kappa shape index (κ3) is 3.61.